The monoisotopic (exact) mass is 232 g/mol. The molecule has 1 N–H and O–H groups in total. The summed E-state index contributed by atoms with van der Waals surface area (Å²) in [6.45, 7) is 8.11. The van der Waals surface area contributed by atoms with Crippen LogP contribution in [0.2, 0.25) is 0 Å². The van der Waals surface area contributed by atoms with Crippen molar-refractivity contribution in [3.63, 3.8) is 0 Å². The first-order valence-corrected chi connectivity index (χ1v) is 6.27. The van der Waals surface area contributed by atoms with E-state index in [-0.39, 0.29) is 11.8 Å². The fourth-order valence-electron chi connectivity index (χ4n) is 1.98. The van der Waals surface area contributed by atoms with E-state index in [1.165, 1.54) is 11.1 Å². The lowest BCUT2D eigenvalue weighted by molar-refractivity contribution is -0.122. The molecule has 0 aromatic carbocycles. The third-order valence-corrected chi connectivity index (χ3v) is 3.55. The van der Waals surface area contributed by atoms with E-state index >= 15 is 0 Å². The molecular weight excluding hydrogens is 212 g/mol. The molecular formula is C14H20N2O. The van der Waals surface area contributed by atoms with Gasteiger partial charge in [-0.3, -0.25) is 4.79 Å². The highest BCUT2D eigenvalue weighted by molar-refractivity contribution is 6.01. The Kier molecular flexibility index (Phi) is 3.46. The van der Waals surface area contributed by atoms with Crippen molar-refractivity contribution in [2.24, 2.45) is 16.9 Å². The summed E-state index contributed by atoms with van der Waals surface area (Å²) < 4.78 is 0. The first-order valence-electron chi connectivity index (χ1n) is 6.27. The highest BCUT2D eigenvalue weighted by atomic mass is 16.2. The van der Waals surface area contributed by atoms with Gasteiger partial charge in [0.2, 0.25) is 5.91 Å². The molecule has 0 aromatic rings. The van der Waals surface area contributed by atoms with Gasteiger partial charge in [-0.2, -0.15) is 5.10 Å². The van der Waals surface area contributed by atoms with Gasteiger partial charge in [0.1, 0.15) is 0 Å². The Bertz CT molecular complexity index is 402. The van der Waals surface area contributed by atoms with E-state index in [1.54, 1.807) is 0 Å². The second kappa shape index (κ2) is 4.86. The molecule has 3 nitrogen and oxygen atoms in total. The van der Waals surface area contributed by atoms with Gasteiger partial charge in [-0.25, -0.2) is 5.43 Å². The Morgan fingerprint density at radius 2 is 2.18 bits per heavy atom. The zero-order chi connectivity index (χ0) is 12.4. The van der Waals surface area contributed by atoms with E-state index in [4.69, 9.17) is 0 Å². The summed E-state index contributed by atoms with van der Waals surface area (Å²) in [6, 6.07) is 0. The smallest absolute Gasteiger partial charge is 0.243 e. The Balaban J connectivity index is 2.00. The molecule has 0 saturated heterocycles. The van der Waals surface area contributed by atoms with E-state index in [2.05, 4.69) is 37.0 Å². The quantitative estimate of drug-likeness (QED) is 0.590. The largest absolute Gasteiger partial charge is 0.273 e. The lowest BCUT2D eigenvalue weighted by Gasteiger charge is -2.22. The van der Waals surface area contributed by atoms with E-state index in [9.17, 15) is 4.79 Å². The van der Waals surface area contributed by atoms with Gasteiger partial charge >= 0.3 is 0 Å². The molecule has 3 heteroatoms. The number of allylic oxidation sites excluding steroid dienone is 3. The number of nitrogens with one attached hydrogen (secondary N) is 1. The molecule has 0 aromatic heterocycles. The summed E-state index contributed by atoms with van der Waals surface area (Å²) in [7, 11) is 0. The van der Waals surface area contributed by atoms with Crippen molar-refractivity contribution in [3.8, 4) is 0 Å². The average molecular weight is 232 g/mol. The molecule has 1 atom stereocenters. The lowest BCUT2D eigenvalue weighted by Crippen LogP contribution is -2.24. The highest BCUT2D eigenvalue weighted by Gasteiger charge is 2.29. The predicted molar refractivity (Wildman–Crippen MR) is 69.6 cm³/mol. The maximum absolute atomic E-state index is 11.5. The first kappa shape index (κ1) is 12.1. The van der Waals surface area contributed by atoms with Crippen LogP contribution in [0.1, 0.15) is 39.5 Å². The first-order chi connectivity index (χ1) is 8.08. The Morgan fingerprint density at radius 3 is 2.76 bits per heavy atom. The fourth-order valence-corrected chi connectivity index (χ4v) is 1.98. The van der Waals surface area contributed by atoms with E-state index in [0.717, 1.165) is 31.4 Å². The molecule has 2 aliphatic rings. The Morgan fingerprint density at radius 1 is 1.47 bits per heavy atom. The standard InChI is InChI=1S/C14H20N2O/c1-9(2)12-5-4-10(3)13(8-12)15-16-14(17)11-6-7-11/h4,11-12H,1,5-8H2,2-3H3,(H,16,17)/b15-13-. The van der Waals surface area contributed by atoms with Crippen LogP contribution in [0.4, 0.5) is 0 Å². The zero-order valence-electron chi connectivity index (χ0n) is 10.6. The average Bonchev–Trinajstić information content (AvgIpc) is 3.11. The van der Waals surface area contributed by atoms with Crippen LogP contribution in [0.3, 0.4) is 0 Å². The topological polar surface area (TPSA) is 41.5 Å². The second-order valence-corrected chi connectivity index (χ2v) is 5.18. The number of hydrogen-bond donors (Lipinski definition) is 1. The molecule has 17 heavy (non-hydrogen) atoms. The van der Waals surface area contributed by atoms with Crippen LogP contribution >= 0.6 is 0 Å². The number of nitrogens with zero attached hydrogens (tertiary/aromatic N) is 1. The summed E-state index contributed by atoms with van der Waals surface area (Å²) in [4.78, 5) is 11.5. The SMILES string of the molecule is C=C(C)C1CC=C(C)/C(=N\NC(=O)C2CC2)C1. The van der Waals surface area contributed by atoms with Gasteiger partial charge in [0, 0.05) is 5.92 Å². The predicted octanol–water partition coefficient (Wildman–Crippen LogP) is 2.80. The molecule has 1 fully saturated rings. The van der Waals surface area contributed by atoms with Crippen LogP contribution in [0.25, 0.3) is 0 Å². The van der Waals surface area contributed by atoms with Gasteiger partial charge in [0.25, 0.3) is 0 Å². The van der Waals surface area contributed by atoms with E-state index < -0.39 is 0 Å². The molecule has 1 unspecified atom stereocenters. The molecule has 2 rings (SSSR count). The number of carbonyl (C=O) groups is 1. The zero-order valence-corrected chi connectivity index (χ0v) is 10.6. The van der Waals surface area contributed by atoms with Crippen LogP contribution in [-0.4, -0.2) is 11.6 Å². The van der Waals surface area contributed by atoms with Gasteiger partial charge in [-0.05, 0) is 51.0 Å². The Labute approximate surface area is 103 Å². The molecule has 2 aliphatic carbocycles. The van der Waals surface area contributed by atoms with E-state index in [0.29, 0.717) is 5.92 Å². The summed E-state index contributed by atoms with van der Waals surface area (Å²) in [5.74, 6) is 0.752. The maximum Gasteiger partial charge on any atom is 0.243 e. The summed E-state index contributed by atoms with van der Waals surface area (Å²) in [5, 5.41) is 4.27. The minimum absolute atomic E-state index is 0.0720. The minimum Gasteiger partial charge on any atom is -0.273 e. The number of hydrogen-bond acceptors (Lipinski definition) is 2. The van der Waals surface area contributed by atoms with Crippen molar-refractivity contribution in [3.05, 3.63) is 23.8 Å². The number of carbonyl (C=O) groups excluding carboxylic acids is 1. The van der Waals surface area contributed by atoms with Crippen LogP contribution in [0.5, 0.6) is 0 Å². The van der Waals surface area contributed by atoms with Gasteiger partial charge in [-0.15, -0.1) is 0 Å². The summed E-state index contributed by atoms with van der Waals surface area (Å²) >= 11 is 0. The number of hydrazone groups is 1. The van der Waals surface area contributed by atoms with Crippen LogP contribution in [0.15, 0.2) is 28.9 Å². The highest BCUT2D eigenvalue weighted by Crippen LogP contribution is 2.29. The van der Waals surface area contributed by atoms with Crippen molar-refractivity contribution < 1.29 is 4.79 Å². The van der Waals surface area contributed by atoms with Gasteiger partial charge in [0.15, 0.2) is 0 Å². The third kappa shape index (κ3) is 3.05. The normalized spacial score (nSPS) is 26.6. The molecule has 92 valence electrons. The van der Waals surface area contributed by atoms with Crippen molar-refractivity contribution in [2.75, 3.05) is 0 Å². The summed E-state index contributed by atoms with van der Waals surface area (Å²) in [6.07, 6.45) is 6.14. The fraction of sp³-hybridized carbons (Fsp3) is 0.571. The summed E-state index contributed by atoms with van der Waals surface area (Å²) in [5.41, 5.74) is 6.05. The third-order valence-electron chi connectivity index (χ3n) is 3.55. The lowest BCUT2D eigenvalue weighted by atomic mass is 9.85. The van der Waals surface area contributed by atoms with Crippen molar-refractivity contribution in [2.45, 2.75) is 39.5 Å². The molecule has 0 radical (unpaired) electrons. The van der Waals surface area contributed by atoms with Crippen molar-refractivity contribution >= 4 is 11.6 Å². The number of rotatable bonds is 3. The van der Waals surface area contributed by atoms with E-state index in [1.807, 2.05) is 0 Å². The van der Waals surface area contributed by atoms with Crippen molar-refractivity contribution in [1.29, 1.82) is 0 Å². The molecule has 1 amide bonds. The molecule has 1 saturated carbocycles. The second-order valence-electron chi connectivity index (χ2n) is 5.18. The minimum atomic E-state index is 0.0720. The Hall–Kier alpha value is -1.38. The molecule has 0 bridgehead atoms. The molecule has 0 spiro atoms. The number of amides is 1. The van der Waals surface area contributed by atoms with Crippen LogP contribution in [0, 0.1) is 11.8 Å². The van der Waals surface area contributed by atoms with Crippen molar-refractivity contribution in [1.82, 2.24) is 5.43 Å². The van der Waals surface area contributed by atoms with Gasteiger partial charge in [0.05, 0.1) is 5.71 Å². The van der Waals surface area contributed by atoms with Crippen LogP contribution < -0.4 is 5.43 Å². The van der Waals surface area contributed by atoms with Gasteiger partial charge < -0.3 is 0 Å². The van der Waals surface area contributed by atoms with Crippen LogP contribution in [-0.2, 0) is 4.79 Å². The van der Waals surface area contributed by atoms with Gasteiger partial charge in [-0.1, -0.05) is 18.2 Å². The molecule has 0 aliphatic heterocycles. The molecule has 0 heterocycles. The maximum atomic E-state index is 11.5.